The van der Waals surface area contributed by atoms with Crippen molar-refractivity contribution in [3.05, 3.63) is 56.5 Å². The van der Waals surface area contributed by atoms with Gasteiger partial charge in [0.25, 0.3) is 0 Å². The van der Waals surface area contributed by atoms with Crippen molar-refractivity contribution in [2.45, 2.75) is 5.33 Å². The lowest BCUT2D eigenvalue weighted by Gasteiger charge is -2.13. The highest BCUT2D eigenvalue weighted by atomic mass is 79.9. The first-order valence-corrected chi connectivity index (χ1v) is 8.82. The fourth-order valence-corrected chi connectivity index (χ4v) is 3.12. The molecule has 0 aliphatic carbocycles. The number of hydrogen-bond donors (Lipinski definition) is 0. The van der Waals surface area contributed by atoms with Crippen molar-refractivity contribution in [1.29, 1.82) is 0 Å². The zero-order valence-electron chi connectivity index (χ0n) is 10.9. The monoisotopic (exact) mass is 452 g/mol. The third kappa shape index (κ3) is 5.06. The van der Waals surface area contributed by atoms with Crippen LogP contribution in [0.2, 0.25) is 10.0 Å². The van der Waals surface area contributed by atoms with Gasteiger partial charge in [0, 0.05) is 20.4 Å². The van der Waals surface area contributed by atoms with Gasteiger partial charge in [-0.3, -0.25) is 0 Å². The molecule has 0 bridgehead atoms. The Kier molecular flexibility index (Phi) is 6.68. The summed E-state index contributed by atoms with van der Waals surface area (Å²) in [5, 5.41) is 1.71. The van der Waals surface area contributed by atoms with Gasteiger partial charge < -0.3 is 9.47 Å². The van der Waals surface area contributed by atoms with Crippen LogP contribution in [0.5, 0.6) is 11.5 Å². The van der Waals surface area contributed by atoms with Crippen molar-refractivity contribution in [3.8, 4) is 11.5 Å². The third-order valence-corrected chi connectivity index (χ3v) is 4.22. The van der Waals surface area contributed by atoms with Crippen molar-refractivity contribution < 1.29 is 9.47 Å². The van der Waals surface area contributed by atoms with Crippen LogP contribution in [-0.4, -0.2) is 13.2 Å². The molecule has 0 saturated heterocycles. The summed E-state index contributed by atoms with van der Waals surface area (Å²) in [6, 6.07) is 11.1. The molecule has 0 radical (unpaired) electrons. The number of ether oxygens (including phenoxy) is 2. The number of rotatable bonds is 6. The Morgan fingerprint density at radius 2 is 1.76 bits per heavy atom. The zero-order valence-corrected chi connectivity index (χ0v) is 15.6. The first kappa shape index (κ1) is 16.9. The maximum Gasteiger partial charge on any atom is 0.142 e. The van der Waals surface area contributed by atoms with Gasteiger partial charge >= 0.3 is 0 Å². The summed E-state index contributed by atoms with van der Waals surface area (Å²) in [4.78, 5) is 0. The Morgan fingerprint density at radius 3 is 2.48 bits per heavy atom. The fraction of sp³-hybridized carbons (Fsp3) is 0.200. The molecule has 0 saturated carbocycles. The average Bonchev–Trinajstić information content (AvgIpc) is 2.44. The van der Waals surface area contributed by atoms with E-state index in [1.54, 1.807) is 6.07 Å². The van der Waals surface area contributed by atoms with Gasteiger partial charge in [-0.05, 0) is 30.3 Å². The van der Waals surface area contributed by atoms with Crippen molar-refractivity contribution >= 4 is 55.1 Å². The van der Waals surface area contributed by atoms with Crippen LogP contribution in [0, 0.1) is 0 Å². The lowest BCUT2D eigenvalue weighted by atomic mass is 10.2. The van der Waals surface area contributed by atoms with Gasteiger partial charge in [-0.15, -0.1) is 0 Å². The van der Waals surface area contributed by atoms with E-state index in [4.69, 9.17) is 32.7 Å². The van der Waals surface area contributed by atoms with Crippen molar-refractivity contribution in [1.82, 2.24) is 0 Å². The molecule has 0 N–H and O–H groups in total. The molecular formula is C15H12Br2Cl2O2. The van der Waals surface area contributed by atoms with E-state index in [-0.39, 0.29) is 0 Å². The Morgan fingerprint density at radius 1 is 1.00 bits per heavy atom. The number of benzene rings is 2. The molecule has 21 heavy (non-hydrogen) atoms. The van der Waals surface area contributed by atoms with Gasteiger partial charge in [0.15, 0.2) is 0 Å². The molecule has 6 heteroatoms. The largest absolute Gasteiger partial charge is 0.490 e. The lowest BCUT2D eigenvalue weighted by molar-refractivity contribution is 0.216. The van der Waals surface area contributed by atoms with Gasteiger partial charge in [-0.2, -0.15) is 0 Å². The van der Waals surface area contributed by atoms with Crippen LogP contribution in [0.1, 0.15) is 5.56 Å². The van der Waals surface area contributed by atoms with Crippen molar-refractivity contribution in [2.75, 3.05) is 13.2 Å². The minimum absolute atomic E-state index is 0.397. The molecule has 2 aromatic carbocycles. The van der Waals surface area contributed by atoms with Gasteiger partial charge in [0.2, 0.25) is 0 Å². The van der Waals surface area contributed by atoms with Crippen LogP contribution in [-0.2, 0) is 5.33 Å². The predicted molar refractivity (Wildman–Crippen MR) is 94.2 cm³/mol. The van der Waals surface area contributed by atoms with E-state index in [1.807, 2.05) is 30.3 Å². The normalized spacial score (nSPS) is 10.5. The van der Waals surface area contributed by atoms with Crippen LogP contribution >= 0.6 is 55.1 Å². The molecule has 0 aliphatic rings. The molecule has 2 nitrogen and oxygen atoms in total. The number of alkyl halides is 1. The first-order chi connectivity index (χ1) is 10.1. The first-order valence-electron chi connectivity index (χ1n) is 6.15. The highest BCUT2D eigenvalue weighted by Crippen LogP contribution is 2.33. The van der Waals surface area contributed by atoms with E-state index in [0.717, 1.165) is 15.8 Å². The Hall–Kier alpha value is -0.420. The molecule has 0 atom stereocenters. The average molecular weight is 455 g/mol. The maximum atomic E-state index is 6.15. The van der Waals surface area contributed by atoms with Gasteiger partial charge in [-0.1, -0.05) is 61.1 Å². The van der Waals surface area contributed by atoms with E-state index in [9.17, 15) is 0 Å². The molecular weight excluding hydrogens is 443 g/mol. The van der Waals surface area contributed by atoms with Crippen molar-refractivity contribution in [2.24, 2.45) is 0 Å². The summed E-state index contributed by atoms with van der Waals surface area (Å²) in [7, 11) is 0. The van der Waals surface area contributed by atoms with E-state index in [2.05, 4.69) is 31.9 Å². The van der Waals surface area contributed by atoms with E-state index in [0.29, 0.717) is 34.3 Å². The molecule has 0 fully saturated rings. The van der Waals surface area contributed by atoms with Crippen LogP contribution in [0.15, 0.2) is 40.9 Å². The molecule has 0 aromatic heterocycles. The standard InChI is InChI=1S/C15H12Br2Cl2O2/c16-9-10-6-12(18)8-14(19)15(10)21-5-4-20-13-3-1-2-11(17)7-13/h1-3,6-8H,4-5,9H2. The van der Waals surface area contributed by atoms with Gasteiger partial charge in [0.05, 0.1) is 5.02 Å². The second kappa shape index (κ2) is 8.28. The van der Waals surface area contributed by atoms with Gasteiger partial charge in [-0.25, -0.2) is 0 Å². The third-order valence-electron chi connectivity index (χ3n) is 2.62. The highest BCUT2D eigenvalue weighted by Gasteiger charge is 2.10. The quantitative estimate of drug-likeness (QED) is 0.387. The molecule has 0 aliphatic heterocycles. The van der Waals surface area contributed by atoms with E-state index < -0.39 is 0 Å². The maximum absolute atomic E-state index is 6.15. The zero-order chi connectivity index (χ0) is 15.2. The number of halogens is 4. The van der Waals surface area contributed by atoms with Crippen molar-refractivity contribution in [3.63, 3.8) is 0 Å². The summed E-state index contributed by atoms with van der Waals surface area (Å²) in [6.07, 6.45) is 0. The van der Waals surface area contributed by atoms with E-state index in [1.165, 1.54) is 0 Å². The summed E-state index contributed by atoms with van der Waals surface area (Å²) >= 11 is 18.9. The fourth-order valence-electron chi connectivity index (χ4n) is 1.73. The van der Waals surface area contributed by atoms with Crippen LogP contribution in [0.4, 0.5) is 0 Å². The Labute approximate surface area is 150 Å². The minimum atomic E-state index is 0.397. The molecule has 0 spiro atoms. The SMILES string of the molecule is Clc1cc(Cl)c(OCCOc2cccc(Br)c2)c(CBr)c1. The van der Waals surface area contributed by atoms with E-state index >= 15 is 0 Å². The van der Waals surface area contributed by atoms with Crippen LogP contribution in [0.3, 0.4) is 0 Å². The second-order valence-electron chi connectivity index (χ2n) is 4.16. The number of hydrogen-bond acceptors (Lipinski definition) is 2. The molecule has 0 unspecified atom stereocenters. The topological polar surface area (TPSA) is 18.5 Å². The highest BCUT2D eigenvalue weighted by molar-refractivity contribution is 9.10. The molecule has 2 aromatic rings. The predicted octanol–water partition coefficient (Wildman–Crippen LogP) is 6.11. The summed E-state index contributed by atoms with van der Waals surface area (Å²) < 4.78 is 12.3. The lowest BCUT2D eigenvalue weighted by Crippen LogP contribution is -2.10. The molecule has 2 rings (SSSR count). The smallest absolute Gasteiger partial charge is 0.142 e. The summed E-state index contributed by atoms with van der Waals surface area (Å²) in [5.74, 6) is 1.42. The second-order valence-corrected chi connectivity index (χ2v) is 6.48. The minimum Gasteiger partial charge on any atom is -0.490 e. The Balaban J connectivity index is 1.92. The summed E-state index contributed by atoms with van der Waals surface area (Å²) in [6.45, 7) is 0.824. The molecule has 0 heterocycles. The molecule has 0 amide bonds. The molecule has 112 valence electrons. The Bertz CT molecular complexity index is 621. The summed E-state index contributed by atoms with van der Waals surface area (Å²) in [5.41, 5.74) is 0.912. The van der Waals surface area contributed by atoms with Crippen LogP contribution in [0.25, 0.3) is 0 Å². The van der Waals surface area contributed by atoms with Gasteiger partial charge in [0.1, 0.15) is 24.7 Å². The van der Waals surface area contributed by atoms with Crippen LogP contribution < -0.4 is 9.47 Å².